The van der Waals surface area contributed by atoms with Gasteiger partial charge in [-0.15, -0.1) is 0 Å². The molecule has 0 aliphatic rings. The minimum absolute atomic E-state index is 0.251. The van der Waals surface area contributed by atoms with Gasteiger partial charge in [0.05, 0.1) is 23.3 Å². The summed E-state index contributed by atoms with van der Waals surface area (Å²) < 4.78 is 3.70. The summed E-state index contributed by atoms with van der Waals surface area (Å²) in [5.41, 5.74) is 6.25. The molecule has 0 radical (unpaired) electrons. The second-order valence-corrected chi connectivity index (χ2v) is 8.58. The molecule has 0 atom stereocenters. The molecule has 0 aliphatic carbocycles. The van der Waals surface area contributed by atoms with Crippen molar-refractivity contribution in [2.45, 2.75) is 33.7 Å². The Morgan fingerprint density at radius 3 is 2.60 bits per heavy atom. The minimum atomic E-state index is -1.22. The number of aromatic nitrogens is 4. The maximum atomic E-state index is 13.3. The Balaban J connectivity index is 1.51. The van der Waals surface area contributed by atoms with Crippen molar-refractivity contribution in [1.29, 1.82) is 0 Å². The van der Waals surface area contributed by atoms with E-state index in [2.05, 4.69) is 35.9 Å². The summed E-state index contributed by atoms with van der Waals surface area (Å²) in [5.74, 6) is 0.678. The molecule has 0 saturated heterocycles. The van der Waals surface area contributed by atoms with E-state index in [1.165, 1.54) is 0 Å². The van der Waals surface area contributed by atoms with Gasteiger partial charge in [-0.3, -0.25) is 14.7 Å². The molecule has 0 fully saturated rings. The average Bonchev–Trinajstić information content (AvgIpc) is 3.40. The highest BCUT2D eigenvalue weighted by atomic mass is 16.4. The quantitative estimate of drug-likeness (QED) is 0.361. The van der Waals surface area contributed by atoms with Gasteiger partial charge in [0.15, 0.2) is 5.65 Å². The van der Waals surface area contributed by atoms with Crippen LogP contribution < -0.4 is 5.32 Å². The molecule has 0 unspecified atom stereocenters. The van der Waals surface area contributed by atoms with Gasteiger partial charge in [0.2, 0.25) is 0 Å². The summed E-state index contributed by atoms with van der Waals surface area (Å²) in [6.07, 6.45) is 1.30. The van der Waals surface area contributed by atoms with E-state index in [9.17, 15) is 9.59 Å². The molecule has 8 heteroatoms. The van der Waals surface area contributed by atoms with Gasteiger partial charge in [0.1, 0.15) is 11.3 Å². The SMILES string of the molecule is CCc1nc2c(C)cc(C)nc2n1Cc1ccc2c(ccn2C(=O)c2ccccc2NC(=O)O)c1. The topological polar surface area (TPSA) is 102 Å². The highest BCUT2D eigenvalue weighted by Gasteiger charge is 2.18. The lowest BCUT2D eigenvalue weighted by Gasteiger charge is -2.11. The first-order chi connectivity index (χ1) is 16.9. The van der Waals surface area contributed by atoms with E-state index < -0.39 is 6.09 Å². The minimum Gasteiger partial charge on any atom is -0.465 e. The Morgan fingerprint density at radius 1 is 1.03 bits per heavy atom. The number of benzene rings is 2. The Bertz CT molecular complexity index is 1610. The first-order valence-corrected chi connectivity index (χ1v) is 11.4. The number of carboxylic acid groups (broad SMARTS) is 1. The van der Waals surface area contributed by atoms with Crippen molar-refractivity contribution in [2.24, 2.45) is 0 Å². The molecule has 5 aromatic rings. The molecule has 0 spiro atoms. The van der Waals surface area contributed by atoms with Crippen LogP contribution in [0.1, 0.15) is 39.9 Å². The van der Waals surface area contributed by atoms with Crippen molar-refractivity contribution >= 4 is 39.8 Å². The van der Waals surface area contributed by atoms with E-state index in [-0.39, 0.29) is 17.2 Å². The number of imidazole rings is 1. The van der Waals surface area contributed by atoms with E-state index in [1.807, 2.05) is 25.1 Å². The molecular weight excluding hydrogens is 442 g/mol. The number of carbonyl (C=O) groups excluding carboxylic acids is 1. The van der Waals surface area contributed by atoms with E-state index in [0.717, 1.165) is 51.1 Å². The maximum absolute atomic E-state index is 13.3. The van der Waals surface area contributed by atoms with Crippen molar-refractivity contribution in [3.05, 3.63) is 89.0 Å². The summed E-state index contributed by atoms with van der Waals surface area (Å²) in [7, 11) is 0. The van der Waals surface area contributed by atoms with Gasteiger partial charge in [-0.1, -0.05) is 25.1 Å². The summed E-state index contributed by atoms with van der Waals surface area (Å²) in [6.45, 7) is 6.76. The molecule has 8 nitrogen and oxygen atoms in total. The Hall–Kier alpha value is -4.46. The Kier molecular flexibility index (Phi) is 5.56. The molecule has 0 bridgehead atoms. The summed E-state index contributed by atoms with van der Waals surface area (Å²) in [5, 5.41) is 12.3. The van der Waals surface area contributed by atoms with Gasteiger partial charge in [0, 0.05) is 23.7 Å². The van der Waals surface area contributed by atoms with Crippen LogP contribution in [0, 0.1) is 13.8 Å². The molecule has 0 saturated carbocycles. The second kappa shape index (κ2) is 8.72. The van der Waals surface area contributed by atoms with Crippen LogP contribution in [-0.4, -0.2) is 36.2 Å². The van der Waals surface area contributed by atoms with Crippen molar-refractivity contribution in [3.63, 3.8) is 0 Å². The third-order valence-corrected chi connectivity index (χ3v) is 6.13. The van der Waals surface area contributed by atoms with Gasteiger partial charge in [-0.2, -0.15) is 0 Å². The largest absolute Gasteiger partial charge is 0.465 e. The van der Waals surface area contributed by atoms with Crippen LogP contribution in [0.15, 0.2) is 60.8 Å². The average molecular weight is 468 g/mol. The lowest BCUT2D eigenvalue weighted by atomic mass is 10.1. The van der Waals surface area contributed by atoms with Crippen LogP contribution >= 0.6 is 0 Å². The standard InChI is InChI=1S/C27H25N5O3/c1-4-23-30-24-16(2)13-17(3)28-25(24)32(23)15-18-9-10-22-19(14-18)11-12-31(22)26(33)20-7-5-6-8-21(20)29-27(34)35/h5-14,29H,4,15H2,1-3H3,(H,34,35). The number of carbonyl (C=O) groups is 2. The summed E-state index contributed by atoms with van der Waals surface area (Å²) in [4.78, 5) is 34.0. The molecule has 0 aliphatic heterocycles. The molecule has 5 rings (SSSR count). The number of pyridine rings is 1. The molecule has 2 N–H and O–H groups in total. The number of amides is 1. The van der Waals surface area contributed by atoms with Crippen molar-refractivity contribution < 1.29 is 14.7 Å². The number of para-hydroxylation sites is 1. The van der Waals surface area contributed by atoms with E-state index in [4.69, 9.17) is 15.1 Å². The number of fused-ring (bicyclic) bond motifs is 2. The Morgan fingerprint density at radius 2 is 1.83 bits per heavy atom. The first kappa shape index (κ1) is 22.3. The maximum Gasteiger partial charge on any atom is 0.409 e. The predicted octanol–water partition coefficient (Wildman–Crippen LogP) is 5.39. The normalized spacial score (nSPS) is 11.3. The number of anilines is 1. The highest BCUT2D eigenvalue weighted by Crippen LogP contribution is 2.25. The highest BCUT2D eigenvalue weighted by molar-refractivity contribution is 6.07. The van der Waals surface area contributed by atoms with Crippen LogP contribution in [-0.2, 0) is 13.0 Å². The zero-order valence-corrected chi connectivity index (χ0v) is 19.7. The van der Waals surface area contributed by atoms with Crippen LogP contribution in [0.4, 0.5) is 10.5 Å². The monoisotopic (exact) mass is 467 g/mol. The van der Waals surface area contributed by atoms with E-state index in [1.54, 1.807) is 35.0 Å². The van der Waals surface area contributed by atoms with Crippen LogP contribution in [0.5, 0.6) is 0 Å². The number of nitrogens with one attached hydrogen (secondary N) is 1. The number of nitrogens with zero attached hydrogens (tertiary/aromatic N) is 4. The van der Waals surface area contributed by atoms with Crippen LogP contribution in [0.2, 0.25) is 0 Å². The van der Waals surface area contributed by atoms with Crippen LogP contribution in [0.3, 0.4) is 0 Å². The molecule has 1 amide bonds. The van der Waals surface area contributed by atoms with Crippen molar-refractivity contribution in [2.75, 3.05) is 5.32 Å². The number of hydrogen-bond acceptors (Lipinski definition) is 4. The fraction of sp³-hybridized carbons (Fsp3) is 0.185. The first-order valence-electron chi connectivity index (χ1n) is 11.4. The van der Waals surface area contributed by atoms with Gasteiger partial charge < -0.3 is 9.67 Å². The van der Waals surface area contributed by atoms with Gasteiger partial charge >= 0.3 is 6.09 Å². The number of aryl methyl sites for hydroxylation is 3. The van der Waals surface area contributed by atoms with Crippen LogP contribution in [0.25, 0.3) is 22.1 Å². The molecule has 35 heavy (non-hydrogen) atoms. The van der Waals surface area contributed by atoms with E-state index >= 15 is 0 Å². The lowest BCUT2D eigenvalue weighted by molar-refractivity contribution is 0.0966. The van der Waals surface area contributed by atoms with Crippen molar-refractivity contribution in [3.8, 4) is 0 Å². The second-order valence-electron chi connectivity index (χ2n) is 8.58. The van der Waals surface area contributed by atoms with Gasteiger partial charge in [-0.05, 0) is 61.4 Å². The third-order valence-electron chi connectivity index (χ3n) is 6.13. The molecule has 3 heterocycles. The fourth-order valence-corrected chi connectivity index (χ4v) is 4.56. The predicted molar refractivity (Wildman–Crippen MR) is 135 cm³/mol. The molecule has 2 aromatic carbocycles. The lowest BCUT2D eigenvalue weighted by Crippen LogP contribution is -2.16. The van der Waals surface area contributed by atoms with Crippen molar-refractivity contribution in [1.82, 2.24) is 19.1 Å². The van der Waals surface area contributed by atoms with Gasteiger partial charge in [0.25, 0.3) is 5.91 Å². The number of hydrogen-bond donors (Lipinski definition) is 2. The van der Waals surface area contributed by atoms with E-state index in [0.29, 0.717) is 6.54 Å². The molecule has 3 aromatic heterocycles. The smallest absolute Gasteiger partial charge is 0.409 e. The fourth-order valence-electron chi connectivity index (χ4n) is 4.56. The zero-order valence-electron chi connectivity index (χ0n) is 19.7. The van der Waals surface area contributed by atoms with Gasteiger partial charge in [-0.25, -0.2) is 14.8 Å². The number of rotatable bonds is 5. The zero-order chi connectivity index (χ0) is 24.7. The molecular formula is C27H25N5O3. The Labute approximate surface area is 201 Å². The third kappa shape index (κ3) is 4.03. The molecule has 176 valence electrons. The summed E-state index contributed by atoms with van der Waals surface area (Å²) in [6, 6.07) is 16.5. The summed E-state index contributed by atoms with van der Waals surface area (Å²) >= 11 is 0.